The molecule has 1 atom stereocenters. The van der Waals surface area contributed by atoms with E-state index in [2.05, 4.69) is 6.07 Å². The Balaban J connectivity index is 1.86. The van der Waals surface area contributed by atoms with Crippen molar-refractivity contribution < 1.29 is 4.74 Å². The number of halogens is 1. The quantitative estimate of drug-likeness (QED) is 0.792. The van der Waals surface area contributed by atoms with E-state index in [0.717, 1.165) is 18.3 Å². The van der Waals surface area contributed by atoms with E-state index in [0.29, 0.717) is 16.3 Å². The largest absolute Gasteiger partial charge is 0.484 e. The fraction of sp³-hybridized carbons (Fsp3) is 0.188. The molecule has 2 radical (unpaired) electrons. The number of nitriles is 1. The molecular formula is C16H11BClNO. The Bertz CT molecular complexity index is 708. The smallest absolute Gasteiger partial charge is 0.138 e. The number of nitrogens with zero attached hydrogens (tertiary/aromatic N) is 1. The summed E-state index contributed by atoms with van der Waals surface area (Å²) in [7, 11) is 5.79. The molecule has 0 amide bonds. The average molecular weight is 280 g/mol. The molecule has 1 aliphatic carbocycles. The topological polar surface area (TPSA) is 33.0 Å². The first kappa shape index (κ1) is 13.1. The lowest BCUT2D eigenvalue weighted by Gasteiger charge is -2.16. The Labute approximate surface area is 124 Å². The summed E-state index contributed by atoms with van der Waals surface area (Å²) < 4.78 is 5.99. The molecule has 0 saturated carbocycles. The molecule has 0 heterocycles. The second kappa shape index (κ2) is 5.23. The van der Waals surface area contributed by atoms with Gasteiger partial charge in [0, 0.05) is 0 Å². The van der Waals surface area contributed by atoms with Gasteiger partial charge in [-0.15, -0.1) is 0 Å². The fourth-order valence-electron chi connectivity index (χ4n) is 2.54. The van der Waals surface area contributed by atoms with Crippen molar-refractivity contribution in [3.05, 3.63) is 58.1 Å². The van der Waals surface area contributed by atoms with Crippen LogP contribution in [0.5, 0.6) is 5.75 Å². The second-order valence-electron chi connectivity index (χ2n) is 4.86. The Hall–Kier alpha value is -1.92. The van der Waals surface area contributed by atoms with Gasteiger partial charge in [-0.05, 0) is 42.2 Å². The van der Waals surface area contributed by atoms with Crippen LogP contribution in [-0.4, -0.2) is 7.85 Å². The number of hydrogen-bond donors (Lipinski definition) is 0. The average Bonchev–Trinajstić information content (AvgIpc) is 2.83. The summed E-state index contributed by atoms with van der Waals surface area (Å²) in [4.78, 5) is 0. The predicted octanol–water partition coefficient (Wildman–Crippen LogP) is 3.07. The van der Waals surface area contributed by atoms with E-state index in [1.54, 1.807) is 18.2 Å². The van der Waals surface area contributed by atoms with E-state index >= 15 is 0 Å². The first-order valence-corrected chi connectivity index (χ1v) is 6.80. The Kier molecular flexibility index (Phi) is 3.42. The zero-order valence-corrected chi connectivity index (χ0v) is 11.5. The van der Waals surface area contributed by atoms with Crippen LogP contribution in [0.25, 0.3) is 0 Å². The highest BCUT2D eigenvalue weighted by atomic mass is 35.5. The number of hydrogen-bond acceptors (Lipinski definition) is 2. The van der Waals surface area contributed by atoms with Crippen molar-refractivity contribution in [3.63, 3.8) is 0 Å². The van der Waals surface area contributed by atoms with Gasteiger partial charge in [0.05, 0.1) is 16.7 Å². The number of fused-ring (bicyclic) bond motifs is 1. The molecule has 20 heavy (non-hydrogen) atoms. The van der Waals surface area contributed by atoms with E-state index in [4.69, 9.17) is 29.4 Å². The zero-order chi connectivity index (χ0) is 14.1. The third kappa shape index (κ3) is 2.40. The molecule has 4 heteroatoms. The van der Waals surface area contributed by atoms with E-state index in [9.17, 15) is 0 Å². The van der Waals surface area contributed by atoms with Crippen LogP contribution in [0.4, 0.5) is 0 Å². The minimum absolute atomic E-state index is 0.00367. The predicted molar refractivity (Wildman–Crippen MR) is 79.7 cm³/mol. The highest BCUT2D eigenvalue weighted by Crippen LogP contribution is 2.37. The van der Waals surface area contributed by atoms with Crippen LogP contribution in [-0.2, 0) is 6.42 Å². The molecule has 3 rings (SSSR count). The van der Waals surface area contributed by atoms with Gasteiger partial charge < -0.3 is 4.74 Å². The summed E-state index contributed by atoms with van der Waals surface area (Å²) in [5.41, 5.74) is 3.71. The molecular weight excluding hydrogens is 268 g/mol. The zero-order valence-electron chi connectivity index (χ0n) is 10.8. The van der Waals surface area contributed by atoms with Crippen molar-refractivity contribution in [1.29, 1.82) is 5.26 Å². The van der Waals surface area contributed by atoms with Gasteiger partial charge in [-0.25, -0.2) is 0 Å². The molecule has 0 N–H and O–H groups in total. The molecule has 0 aromatic heterocycles. The summed E-state index contributed by atoms with van der Waals surface area (Å²) in [6.07, 6.45) is 1.87. The Morgan fingerprint density at radius 1 is 1.25 bits per heavy atom. The van der Waals surface area contributed by atoms with Crippen molar-refractivity contribution in [2.75, 3.05) is 0 Å². The minimum atomic E-state index is -0.00367. The van der Waals surface area contributed by atoms with Gasteiger partial charge in [0.2, 0.25) is 0 Å². The van der Waals surface area contributed by atoms with Gasteiger partial charge in [0.25, 0.3) is 0 Å². The highest BCUT2D eigenvalue weighted by molar-refractivity contribution is 6.32. The number of benzene rings is 2. The molecule has 0 saturated heterocycles. The summed E-state index contributed by atoms with van der Waals surface area (Å²) in [6, 6.07) is 13.0. The number of rotatable bonds is 2. The molecule has 0 unspecified atom stereocenters. The monoisotopic (exact) mass is 279 g/mol. The summed E-state index contributed by atoms with van der Waals surface area (Å²) in [6.45, 7) is 0. The lowest BCUT2D eigenvalue weighted by molar-refractivity contribution is 0.208. The van der Waals surface area contributed by atoms with Crippen LogP contribution >= 0.6 is 11.6 Å². The van der Waals surface area contributed by atoms with Gasteiger partial charge in [-0.3, -0.25) is 0 Å². The number of ether oxygens (including phenoxy) is 1. The molecule has 96 valence electrons. The standard InChI is InChI=1S/C16H11BClNO/c17-12-3-4-13-11(8-12)2-6-15(13)20-16-5-1-10(9-19)7-14(16)18/h1,3-5,7-8,15H,2,6H2/t15-/m0/s1. The lowest BCUT2D eigenvalue weighted by atomic mass is 9.93. The van der Waals surface area contributed by atoms with Gasteiger partial charge in [-0.1, -0.05) is 35.3 Å². The molecule has 1 aliphatic rings. The second-order valence-corrected chi connectivity index (χ2v) is 5.27. The SMILES string of the molecule is [B]c1ccc2c(c1)CC[C@@H]2Oc1ccc(C#N)cc1Cl. The first-order valence-electron chi connectivity index (χ1n) is 6.42. The van der Waals surface area contributed by atoms with Crippen LogP contribution in [0.15, 0.2) is 36.4 Å². The Morgan fingerprint density at radius 3 is 2.85 bits per heavy atom. The fourth-order valence-corrected chi connectivity index (χ4v) is 2.77. The van der Waals surface area contributed by atoms with E-state index in [1.807, 2.05) is 18.2 Å². The molecule has 2 nitrogen and oxygen atoms in total. The van der Waals surface area contributed by atoms with E-state index in [1.165, 1.54) is 11.1 Å². The van der Waals surface area contributed by atoms with Crippen molar-refractivity contribution in [2.45, 2.75) is 18.9 Å². The van der Waals surface area contributed by atoms with Crippen LogP contribution in [0.3, 0.4) is 0 Å². The van der Waals surface area contributed by atoms with Gasteiger partial charge in [0.1, 0.15) is 19.7 Å². The summed E-state index contributed by atoms with van der Waals surface area (Å²) in [5, 5.41) is 9.30. The van der Waals surface area contributed by atoms with E-state index in [-0.39, 0.29) is 6.10 Å². The minimum Gasteiger partial charge on any atom is -0.484 e. The van der Waals surface area contributed by atoms with Crippen LogP contribution in [0.1, 0.15) is 29.2 Å². The summed E-state index contributed by atoms with van der Waals surface area (Å²) in [5.74, 6) is 0.611. The van der Waals surface area contributed by atoms with E-state index < -0.39 is 0 Å². The third-order valence-electron chi connectivity index (χ3n) is 3.52. The lowest BCUT2D eigenvalue weighted by Crippen LogP contribution is -2.07. The van der Waals surface area contributed by atoms with Gasteiger partial charge >= 0.3 is 0 Å². The van der Waals surface area contributed by atoms with Crippen molar-refractivity contribution in [3.8, 4) is 11.8 Å². The van der Waals surface area contributed by atoms with Gasteiger partial charge in [0.15, 0.2) is 0 Å². The maximum absolute atomic E-state index is 8.83. The third-order valence-corrected chi connectivity index (χ3v) is 3.82. The van der Waals surface area contributed by atoms with Crippen molar-refractivity contribution in [2.24, 2.45) is 0 Å². The van der Waals surface area contributed by atoms with Crippen molar-refractivity contribution in [1.82, 2.24) is 0 Å². The van der Waals surface area contributed by atoms with Crippen LogP contribution < -0.4 is 10.2 Å². The van der Waals surface area contributed by atoms with Crippen LogP contribution in [0, 0.1) is 11.3 Å². The highest BCUT2D eigenvalue weighted by Gasteiger charge is 2.24. The first-order chi connectivity index (χ1) is 9.67. The normalized spacial score (nSPS) is 16.5. The molecule has 2 aromatic rings. The summed E-state index contributed by atoms with van der Waals surface area (Å²) >= 11 is 6.14. The molecule has 0 bridgehead atoms. The molecule has 2 aromatic carbocycles. The number of aryl methyl sites for hydroxylation is 1. The maximum atomic E-state index is 8.83. The Morgan fingerprint density at radius 2 is 2.10 bits per heavy atom. The van der Waals surface area contributed by atoms with Crippen molar-refractivity contribution >= 4 is 24.9 Å². The van der Waals surface area contributed by atoms with Crippen LogP contribution in [0.2, 0.25) is 5.02 Å². The molecule has 0 aliphatic heterocycles. The maximum Gasteiger partial charge on any atom is 0.138 e. The van der Waals surface area contributed by atoms with Gasteiger partial charge in [-0.2, -0.15) is 5.26 Å². The molecule has 0 fully saturated rings. The molecule has 0 spiro atoms.